The normalized spacial score (nSPS) is 29.2. The van der Waals surface area contributed by atoms with Crippen LogP contribution >= 0.6 is 0 Å². The van der Waals surface area contributed by atoms with Crippen LogP contribution in [0.4, 0.5) is 5.82 Å². The number of imidazole rings is 1. The highest BCUT2D eigenvalue weighted by atomic mass is 16.1. The smallest absolute Gasteiger partial charge is 0.323 e. The topological polar surface area (TPSA) is 80.0 Å². The number of H-pyrrole nitrogens is 2. The number of likely N-dealkylation sites (tertiary alicyclic amines) is 1. The first-order chi connectivity index (χ1) is 11.7. The molecule has 3 aliphatic heterocycles. The standard InChI is InChI=1S/C17H22N6O/c1-22-6-4-14-15(22)9-23(14)16-10(3-2-5-18-16)11-7-12-13(8-19-11)21-17(24)20-12/h2-3,5,11,14-15,19H,4,6-9H2,1H3,(H2,20,21,24)/t11?,14-,15-/m0/s1. The van der Waals surface area contributed by atoms with Gasteiger partial charge in [-0.25, -0.2) is 9.78 Å². The Morgan fingerprint density at radius 3 is 3.00 bits per heavy atom. The third-order valence-corrected chi connectivity index (χ3v) is 5.86. The quantitative estimate of drug-likeness (QED) is 0.743. The molecule has 5 heterocycles. The summed E-state index contributed by atoms with van der Waals surface area (Å²) in [6.07, 6.45) is 3.89. The van der Waals surface area contributed by atoms with Crippen LogP contribution in [0, 0.1) is 0 Å². The van der Waals surface area contributed by atoms with E-state index in [2.05, 4.69) is 38.2 Å². The summed E-state index contributed by atoms with van der Waals surface area (Å²) in [7, 11) is 2.22. The van der Waals surface area contributed by atoms with E-state index in [1.807, 2.05) is 12.3 Å². The van der Waals surface area contributed by atoms with Gasteiger partial charge in [-0.2, -0.15) is 0 Å². The summed E-state index contributed by atoms with van der Waals surface area (Å²) >= 11 is 0. The number of aromatic amines is 2. The first-order valence-electron chi connectivity index (χ1n) is 8.66. The average Bonchev–Trinajstić information content (AvgIpc) is 3.06. The lowest BCUT2D eigenvalue weighted by molar-refractivity contribution is 0.240. The second-order valence-electron chi connectivity index (χ2n) is 7.15. The summed E-state index contributed by atoms with van der Waals surface area (Å²) in [5, 5.41) is 3.55. The molecule has 2 saturated heterocycles. The minimum absolute atomic E-state index is 0.117. The Bertz CT molecular complexity index is 826. The second kappa shape index (κ2) is 5.19. The highest BCUT2D eigenvalue weighted by Gasteiger charge is 2.46. The summed E-state index contributed by atoms with van der Waals surface area (Å²) in [6.45, 7) is 2.91. The number of hydrogen-bond donors (Lipinski definition) is 3. The molecule has 0 bridgehead atoms. The molecule has 0 radical (unpaired) electrons. The Kier molecular flexibility index (Phi) is 3.08. The molecule has 2 fully saturated rings. The summed E-state index contributed by atoms with van der Waals surface area (Å²) in [5.41, 5.74) is 3.11. The van der Waals surface area contributed by atoms with Gasteiger partial charge in [-0.3, -0.25) is 4.90 Å². The monoisotopic (exact) mass is 326 g/mol. The molecule has 1 unspecified atom stereocenters. The predicted octanol–water partition coefficient (Wildman–Crippen LogP) is 0.378. The molecule has 0 aromatic carbocycles. The van der Waals surface area contributed by atoms with E-state index < -0.39 is 0 Å². The van der Waals surface area contributed by atoms with Crippen molar-refractivity contribution in [2.45, 2.75) is 37.5 Å². The van der Waals surface area contributed by atoms with Crippen LogP contribution in [0.2, 0.25) is 0 Å². The summed E-state index contributed by atoms with van der Waals surface area (Å²) in [5.74, 6) is 1.10. The number of rotatable bonds is 2. The molecule has 126 valence electrons. The molecular formula is C17H22N6O. The van der Waals surface area contributed by atoms with Crippen molar-refractivity contribution in [3.05, 3.63) is 45.8 Å². The second-order valence-corrected chi connectivity index (χ2v) is 7.15. The molecule has 7 nitrogen and oxygen atoms in total. The Hall–Kier alpha value is -2.12. The van der Waals surface area contributed by atoms with Crippen molar-refractivity contribution in [1.82, 2.24) is 25.2 Å². The molecular weight excluding hydrogens is 304 g/mol. The van der Waals surface area contributed by atoms with Gasteiger partial charge in [0.25, 0.3) is 0 Å². The van der Waals surface area contributed by atoms with E-state index in [1.165, 1.54) is 18.5 Å². The maximum atomic E-state index is 11.5. The SMILES string of the molecule is CN1CC[C@H]2[C@@H]1CN2c1ncccc1C1Cc2[nH]c(=O)[nH]c2CN1. The van der Waals surface area contributed by atoms with E-state index >= 15 is 0 Å². The van der Waals surface area contributed by atoms with Gasteiger partial charge < -0.3 is 20.2 Å². The Morgan fingerprint density at radius 2 is 2.12 bits per heavy atom. The van der Waals surface area contributed by atoms with Gasteiger partial charge in [0.05, 0.1) is 5.69 Å². The van der Waals surface area contributed by atoms with E-state index in [9.17, 15) is 4.79 Å². The van der Waals surface area contributed by atoms with Crippen molar-refractivity contribution in [3.63, 3.8) is 0 Å². The van der Waals surface area contributed by atoms with Crippen LogP contribution < -0.4 is 15.9 Å². The molecule has 0 amide bonds. The van der Waals surface area contributed by atoms with E-state index in [1.54, 1.807) is 0 Å². The average molecular weight is 326 g/mol. The van der Waals surface area contributed by atoms with Gasteiger partial charge in [-0.1, -0.05) is 6.07 Å². The summed E-state index contributed by atoms with van der Waals surface area (Å²) < 4.78 is 0. The molecule has 0 saturated carbocycles. The van der Waals surface area contributed by atoms with Crippen LogP contribution in [0.5, 0.6) is 0 Å². The van der Waals surface area contributed by atoms with Crippen molar-refractivity contribution in [2.24, 2.45) is 0 Å². The molecule has 0 spiro atoms. The highest BCUT2D eigenvalue weighted by molar-refractivity contribution is 5.54. The molecule has 3 atom stereocenters. The minimum atomic E-state index is -0.117. The number of fused-ring (bicyclic) bond motifs is 2. The zero-order valence-corrected chi connectivity index (χ0v) is 13.7. The number of anilines is 1. The van der Waals surface area contributed by atoms with Crippen LogP contribution in [-0.4, -0.2) is 52.1 Å². The van der Waals surface area contributed by atoms with E-state index in [0.717, 1.165) is 30.2 Å². The van der Waals surface area contributed by atoms with Gasteiger partial charge in [0.15, 0.2) is 0 Å². The highest BCUT2D eigenvalue weighted by Crippen LogP contribution is 2.38. The van der Waals surface area contributed by atoms with Crippen LogP contribution in [0.1, 0.15) is 29.4 Å². The number of nitrogens with one attached hydrogen (secondary N) is 3. The molecule has 0 aliphatic carbocycles. The molecule has 5 rings (SSSR count). The van der Waals surface area contributed by atoms with E-state index in [-0.39, 0.29) is 11.7 Å². The number of pyridine rings is 1. The van der Waals surface area contributed by atoms with Gasteiger partial charge in [0.2, 0.25) is 0 Å². The molecule has 3 N–H and O–H groups in total. The van der Waals surface area contributed by atoms with Crippen molar-refractivity contribution in [1.29, 1.82) is 0 Å². The fourth-order valence-corrected chi connectivity index (χ4v) is 4.48. The maximum absolute atomic E-state index is 11.5. The lowest BCUT2D eigenvalue weighted by atomic mass is 9.93. The van der Waals surface area contributed by atoms with Gasteiger partial charge in [0, 0.05) is 61.6 Å². The van der Waals surface area contributed by atoms with E-state index in [4.69, 9.17) is 4.98 Å². The van der Waals surface area contributed by atoms with Crippen molar-refractivity contribution < 1.29 is 0 Å². The maximum Gasteiger partial charge on any atom is 0.323 e. The number of aromatic nitrogens is 3. The predicted molar refractivity (Wildman–Crippen MR) is 91.1 cm³/mol. The van der Waals surface area contributed by atoms with Crippen LogP contribution in [0.25, 0.3) is 0 Å². The summed E-state index contributed by atoms with van der Waals surface area (Å²) in [4.78, 5) is 26.9. The van der Waals surface area contributed by atoms with Crippen LogP contribution in [-0.2, 0) is 13.0 Å². The Balaban J connectivity index is 1.44. The first kappa shape index (κ1) is 14.2. The zero-order chi connectivity index (χ0) is 16.3. The van der Waals surface area contributed by atoms with Crippen LogP contribution in [0.3, 0.4) is 0 Å². The first-order valence-corrected chi connectivity index (χ1v) is 8.66. The molecule has 7 heteroatoms. The van der Waals surface area contributed by atoms with Crippen molar-refractivity contribution >= 4 is 5.82 Å². The van der Waals surface area contributed by atoms with Gasteiger partial charge >= 0.3 is 5.69 Å². The minimum Gasteiger partial charge on any atom is -0.350 e. The molecule has 2 aromatic rings. The van der Waals surface area contributed by atoms with Gasteiger partial charge in [-0.15, -0.1) is 0 Å². The largest absolute Gasteiger partial charge is 0.350 e. The fraction of sp³-hybridized carbons (Fsp3) is 0.529. The Labute approximate surface area is 140 Å². The zero-order valence-electron chi connectivity index (χ0n) is 13.7. The molecule has 24 heavy (non-hydrogen) atoms. The van der Waals surface area contributed by atoms with Crippen molar-refractivity contribution in [3.8, 4) is 0 Å². The number of hydrogen-bond acceptors (Lipinski definition) is 5. The lowest BCUT2D eigenvalue weighted by Gasteiger charge is -2.48. The van der Waals surface area contributed by atoms with E-state index in [0.29, 0.717) is 18.6 Å². The Morgan fingerprint density at radius 1 is 1.25 bits per heavy atom. The summed E-state index contributed by atoms with van der Waals surface area (Å²) in [6, 6.07) is 5.63. The third-order valence-electron chi connectivity index (χ3n) is 5.86. The lowest BCUT2D eigenvalue weighted by Crippen LogP contribution is -2.62. The van der Waals surface area contributed by atoms with Crippen molar-refractivity contribution in [2.75, 3.05) is 25.0 Å². The fourth-order valence-electron chi connectivity index (χ4n) is 4.48. The molecule has 2 aromatic heterocycles. The van der Waals surface area contributed by atoms with Gasteiger partial charge in [-0.05, 0) is 19.5 Å². The number of nitrogens with zero attached hydrogens (tertiary/aromatic N) is 3. The molecule has 3 aliphatic rings. The van der Waals surface area contributed by atoms with Gasteiger partial charge in [0.1, 0.15) is 5.82 Å². The van der Waals surface area contributed by atoms with Crippen LogP contribution in [0.15, 0.2) is 23.1 Å². The third kappa shape index (κ3) is 2.04. The number of likely N-dealkylation sites (N-methyl/N-ethyl adjacent to an activating group) is 1.